The van der Waals surface area contributed by atoms with Gasteiger partial charge in [-0.1, -0.05) is 0 Å². The quantitative estimate of drug-likeness (QED) is 0.392. The van der Waals surface area contributed by atoms with Crippen LogP contribution in [0.25, 0.3) is 0 Å². The molecule has 0 unspecified atom stereocenters. The van der Waals surface area contributed by atoms with Crippen molar-refractivity contribution in [3.05, 3.63) is 12.0 Å². The molecule has 0 rings (SSSR count). The number of hydrogen-bond donors (Lipinski definition) is 1. The predicted molar refractivity (Wildman–Crippen MR) is 30.6 cm³/mol. The first-order valence-corrected chi connectivity index (χ1v) is 2.11. The fraction of sp³-hybridized carbons (Fsp3) is 0.400. The van der Waals surface area contributed by atoms with E-state index in [0.717, 1.165) is 0 Å². The van der Waals surface area contributed by atoms with E-state index in [9.17, 15) is 0 Å². The van der Waals surface area contributed by atoms with Crippen LogP contribution in [0.3, 0.4) is 0 Å². The van der Waals surface area contributed by atoms with Crippen LogP contribution in [0.4, 0.5) is 0 Å². The monoisotopic (exact) mass is 99.1 g/mol. The molecule has 0 aromatic carbocycles. The largest absolute Gasteiger partial charge is 0.511 e. The fourth-order valence-corrected chi connectivity index (χ4v) is 0.182. The van der Waals surface area contributed by atoms with Crippen LogP contribution >= 0.6 is 0 Å². The summed E-state index contributed by atoms with van der Waals surface area (Å²) in [6, 6.07) is 0. The molecule has 0 amide bonds. The number of hydrogen-bond acceptors (Lipinski definition) is 2. The summed E-state index contributed by atoms with van der Waals surface area (Å²) in [5.41, 5.74) is 0. The molecule has 0 radical (unpaired) electrons. The van der Waals surface area contributed by atoms with Gasteiger partial charge in [0.1, 0.15) is 5.76 Å². The van der Waals surface area contributed by atoms with Crippen molar-refractivity contribution in [1.29, 1.82) is 0 Å². The number of aliphatic hydroxyl groups is 1. The van der Waals surface area contributed by atoms with Crippen molar-refractivity contribution in [1.82, 2.24) is 0 Å². The molecule has 0 aliphatic rings. The van der Waals surface area contributed by atoms with Gasteiger partial charge in [0.15, 0.2) is 0 Å². The highest BCUT2D eigenvalue weighted by atomic mass is 16.3. The zero-order valence-corrected chi connectivity index (χ0v) is 4.55. The van der Waals surface area contributed by atoms with E-state index in [1.807, 2.05) is 0 Å². The summed E-state index contributed by atoms with van der Waals surface area (Å²) in [6.07, 6.45) is 3.00. The van der Waals surface area contributed by atoms with Crippen LogP contribution in [0.2, 0.25) is 0 Å². The SMILES string of the molecule is C/C=N\C=C(/C)O. The Hall–Kier alpha value is -0.790. The van der Waals surface area contributed by atoms with Gasteiger partial charge in [-0.15, -0.1) is 0 Å². The third-order valence-corrected chi connectivity index (χ3v) is 0.410. The summed E-state index contributed by atoms with van der Waals surface area (Å²) in [5.74, 6) is 0.234. The van der Waals surface area contributed by atoms with Crippen LogP contribution in [0.15, 0.2) is 17.0 Å². The van der Waals surface area contributed by atoms with Crippen molar-refractivity contribution >= 4 is 6.21 Å². The summed E-state index contributed by atoms with van der Waals surface area (Å²) in [6.45, 7) is 3.37. The second-order valence-corrected chi connectivity index (χ2v) is 1.18. The molecule has 0 aliphatic heterocycles. The smallest absolute Gasteiger partial charge is 0.107 e. The third kappa shape index (κ3) is 5.21. The number of nitrogens with zero attached hydrogens (tertiary/aromatic N) is 1. The second-order valence-electron chi connectivity index (χ2n) is 1.18. The molecule has 0 saturated carbocycles. The van der Waals surface area contributed by atoms with Gasteiger partial charge in [-0.3, -0.25) is 4.99 Å². The summed E-state index contributed by atoms with van der Waals surface area (Å²) in [5, 5.41) is 8.43. The lowest BCUT2D eigenvalue weighted by atomic mass is 10.6. The molecule has 0 atom stereocenters. The molecule has 0 aromatic rings. The predicted octanol–water partition coefficient (Wildman–Crippen LogP) is 1.50. The second kappa shape index (κ2) is 3.40. The highest BCUT2D eigenvalue weighted by Gasteiger charge is 1.69. The van der Waals surface area contributed by atoms with Gasteiger partial charge in [0, 0.05) is 6.21 Å². The number of rotatable bonds is 1. The van der Waals surface area contributed by atoms with Crippen LogP contribution in [0.1, 0.15) is 13.8 Å². The molecular formula is C5H9NO. The van der Waals surface area contributed by atoms with Gasteiger partial charge in [-0.05, 0) is 13.8 Å². The molecule has 0 aromatic heterocycles. The van der Waals surface area contributed by atoms with Crippen LogP contribution in [-0.2, 0) is 0 Å². The summed E-state index contributed by atoms with van der Waals surface area (Å²) >= 11 is 0. The average Bonchev–Trinajstić information content (AvgIpc) is 1.61. The van der Waals surface area contributed by atoms with E-state index in [1.165, 1.54) is 6.20 Å². The van der Waals surface area contributed by atoms with Gasteiger partial charge in [0.2, 0.25) is 0 Å². The molecule has 0 heterocycles. The first-order valence-electron chi connectivity index (χ1n) is 2.11. The Morgan fingerprint density at radius 3 is 2.43 bits per heavy atom. The summed E-state index contributed by atoms with van der Waals surface area (Å²) in [4.78, 5) is 3.63. The first kappa shape index (κ1) is 6.21. The molecule has 0 aliphatic carbocycles. The number of aliphatic hydroxyl groups excluding tert-OH is 1. The summed E-state index contributed by atoms with van der Waals surface area (Å²) < 4.78 is 0. The lowest BCUT2D eigenvalue weighted by Gasteiger charge is -1.78. The minimum absolute atomic E-state index is 0.234. The van der Waals surface area contributed by atoms with E-state index in [-0.39, 0.29) is 5.76 Å². The summed E-state index contributed by atoms with van der Waals surface area (Å²) in [7, 11) is 0. The van der Waals surface area contributed by atoms with Gasteiger partial charge in [0.25, 0.3) is 0 Å². The van der Waals surface area contributed by atoms with E-state index in [2.05, 4.69) is 4.99 Å². The molecule has 0 saturated heterocycles. The Morgan fingerprint density at radius 1 is 1.71 bits per heavy atom. The van der Waals surface area contributed by atoms with Gasteiger partial charge < -0.3 is 5.11 Å². The topological polar surface area (TPSA) is 32.6 Å². The standard InChI is InChI=1S/C5H9NO/c1-3-6-4-5(2)7/h3-4,7H,1-2H3/b5-4+,6-3-. The molecule has 2 nitrogen and oxygen atoms in total. The minimum Gasteiger partial charge on any atom is -0.511 e. The molecule has 0 spiro atoms. The highest BCUT2D eigenvalue weighted by molar-refractivity contribution is 5.54. The van der Waals surface area contributed by atoms with Gasteiger partial charge in [-0.2, -0.15) is 0 Å². The van der Waals surface area contributed by atoms with E-state index >= 15 is 0 Å². The molecule has 2 heteroatoms. The van der Waals surface area contributed by atoms with Crippen LogP contribution < -0.4 is 0 Å². The average molecular weight is 99.1 g/mol. The van der Waals surface area contributed by atoms with Crippen molar-refractivity contribution in [2.75, 3.05) is 0 Å². The van der Waals surface area contributed by atoms with Gasteiger partial charge in [0.05, 0.1) is 6.20 Å². The van der Waals surface area contributed by atoms with Crippen molar-refractivity contribution in [2.45, 2.75) is 13.8 Å². The Morgan fingerprint density at radius 2 is 2.29 bits per heavy atom. The Labute approximate surface area is 43.2 Å². The van der Waals surface area contributed by atoms with E-state index in [0.29, 0.717) is 0 Å². The van der Waals surface area contributed by atoms with E-state index in [4.69, 9.17) is 5.11 Å². The van der Waals surface area contributed by atoms with Crippen molar-refractivity contribution < 1.29 is 5.11 Å². The fourth-order valence-electron chi connectivity index (χ4n) is 0.182. The van der Waals surface area contributed by atoms with Gasteiger partial charge >= 0.3 is 0 Å². The lowest BCUT2D eigenvalue weighted by molar-refractivity contribution is 0.412. The van der Waals surface area contributed by atoms with Gasteiger partial charge in [-0.25, -0.2) is 0 Å². The molecule has 1 N–H and O–H groups in total. The van der Waals surface area contributed by atoms with Crippen LogP contribution in [0, 0.1) is 0 Å². The Bertz CT molecular complexity index is 90.3. The molecule has 40 valence electrons. The number of allylic oxidation sites excluding steroid dienone is 1. The van der Waals surface area contributed by atoms with Crippen LogP contribution in [0.5, 0.6) is 0 Å². The Kier molecular flexibility index (Phi) is 3.02. The first-order chi connectivity index (χ1) is 3.27. The van der Waals surface area contributed by atoms with E-state index in [1.54, 1.807) is 20.1 Å². The minimum atomic E-state index is 0.234. The maximum atomic E-state index is 8.43. The molecular weight excluding hydrogens is 90.1 g/mol. The van der Waals surface area contributed by atoms with Crippen molar-refractivity contribution in [3.63, 3.8) is 0 Å². The van der Waals surface area contributed by atoms with Crippen molar-refractivity contribution in [3.8, 4) is 0 Å². The molecule has 0 fully saturated rings. The zero-order chi connectivity index (χ0) is 5.70. The normalized spacial score (nSPS) is 13.1. The molecule has 0 bridgehead atoms. The highest BCUT2D eigenvalue weighted by Crippen LogP contribution is 1.81. The van der Waals surface area contributed by atoms with Crippen LogP contribution in [-0.4, -0.2) is 11.3 Å². The maximum Gasteiger partial charge on any atom is 0.107 e. The van der Waals surface area contributed by atoms with E-state index < -0.39 is 0 Å². The maximum absolute atomic E-state index is 8.43. The molecule has 7 heavy (non-hydrogen) atoms. The Balaban J connectivity index is 3.46. The lowest BCUT2D eigenvalue weighted by Crippen LogP contribution is -1.65. The third-order valence-electron chi connectivity index (χ3n) is 0.410. The van der Waals surface area contributed by atoms with Crippen molar-refractivity contribution in [2.24, 2.45) is 4.99 Å². The zero-order valence-electron chi connectivity index (χ0n) is 4.55. The number of aliphatic imine (C=N–C) groups is 1.